The number of carbonyl (C=O) groups is 2. The zero-order valence-corrected chi connectivity index (χ0v) is 37.9. The van der Waals surface area contributed by atoms with E-state index in [4.69, 9.17) is 14.2 Å². The molecule has 0 heterocycles. The number of unbranched alkanes of at least 4 members (excludes halogenated alkanes) is 31. The SMILES string of the molecule is CCCCC/C=C\C/C=C\CCCCCCCCCC(=O)OCC(COCCCCCCCC)OC(=O)CCCCCCCCCCCCCCCCCCC. The summed E-state index contributed by atoms with van der Waals surface area (Å²) < 4.78 is 17.3. The van der Waals surface area contributed by atoms with Gasteiger partial charge in [-0.15, -0.1) is 0 Å². The zero-order valence-electron chi connectivity index (χ0n) is 37.9. The molecule has 0 aliphatic heterocycles. The van der Waals surface area contributed by atoms with Crippen LogP contribution in [0.4, 0.5) is 0 Å². The summed E-state index contributed by atoms with van der Waals surface area (Å²) in [5.41, 5.74) is 0. The normalized spacial score (nSPS) is 12.3. The molecule has 0 fully saturated rings. The first-order valence-electron chi connectivity index (χ1n) is 24.9. The molecule has 56 heavy (non-hydrogen) atoms. The molecule has 0 rings (SSSR count). The molecule has 0 aromatic rings. The van der Waals surface area contributed by atoms with Gasteiger partial charge in [-0.25, -0.2) is 0 Å². The number of carbonyl (C=O) groups excluding carboxylic acids is 2. The minimum atomic E-state index is -0.529. The van der Waals surface area contributed by atoms with Gasteiger partial charge in [-0.05, 0) is 51.4 Å². The fraction of sp³-hybridized carbons (Fsp3) is 0.882. The maximum Gasteiger partial charge on any atom is 0.306 e. The van der Waals surface area contributed by atoms with Crippen LogP contribution in [0.3, 0.4) is 0 Å². The third kappa shape index (κ3) is 45.1. The summed E-state index contributed by atoms with van der Waals surface area (Å²) in [6.45, 7) is 7.80. The Balaban J connectivity index is 4.06. The van der Waals surface area contributed by atoms with Crippen LogP contribution in [0.25, 0.3) is 0 Å². The van der Waals surface area contributed by atoms with Crippen LogP contribution in [-0.4, -0.2) is 37.9 Å². The van der Waals surface area contributed by atoms with Crippen molar-refractivity contribution in [3.05, 3.63) is 24.3 Å². The van der Waals surface area contributed by atoms with Crippen molar-refractivity contribution in [3.63, 3.8) is 0 Å². The summed E-state index contributed by atoms with van der Waals surface area (Å²) in [4.78, 5) is 25.2. The Bertz CT molecular complexity index is 851. The van der Waals surface area contributed by atoms with Crippen molar-refractivity contribution in [2.75, 3.05) is 19.8 Å². The molecule has 0 spiro atoms. The van der Waals surface area contributed by atoms with Crippen molar-refractivity contribution in [2.24, 2.45) is 0 Å². The molecule has 5 nitrogen and oxygen atoms in total. The molecule has 0 N–H and O–H groups in total. The van der Waals surface area contributed by atoms with Gasteiger partial charge >= 0.3 is 11.9 Å². The maximum absolute atomic E-state index is 12.7. The van der Waals surface area contributed by atoms with E-state index in [9.17, 15) is 9.59 Å². The fourth-order valence-electron chi connectivity index (χ4n) is 7.25. The van der Waals surface area contributed by atoms with E-state index < -0.39 is 6.10 Å². The van der Waals surface area contributed by atoms with E-state index in [1.54, 1.807) is 0 Å². The van der Waals surface area contributed by atoms with E-state index in [2.05, 4.69) is 45.1 Å². The van der Waals surface area contributed by atoms with Gasteiger partial charge in [0.1, 0.15) is 6.61 Å². The summed E-state index contributed by atoms with van der Waals surface area (Å²) in [6.07, 6.45) is 54.8. The Morgan fingerprint density at radius 3 is 1.21 bits per heavy atom. The molecular formula is C51H96O5. The van der Waals surface area contributed by atoms with Gasteiger partial charge < -0.3 is 14.2 Å². The molecule has 0 bridgehead atoms. The van der Waals surface area contributed by atoms with E-state index in [-0.39, 0.29) is 18.5 Å². The van der Waals surface area contributed by atoms with Crippen molar-refractivity contribution in [3.8, 4) is 0 Å². The Hall–Kier alpha value is -1.62. The summed E-state index contributed by atoms with van der Waals surface area (Å²) >= 11 is 0. The highest BCUT2D eigenvalue weighted by molar-refractivity contribution is 5.70. The van der Waals surface area contributed by atoms with Crippen LogP contribution in [-0.2, 0) is 23.8 Å². The minimum absolute atomic E-state index is 0.0871. The lowest BCUT2D eigenvalue weighted by molar-refractivity contribution is -0.163. The summed E-state index contributed by atoms with van der Waals surface area (Å²) in [7, 11) is 0. The molecule has 0 saturated heterocycles. The third-order valence-electron chi connectivity index (χ3n) is 11.0. The molecule has 0 aliphatic carbocycles. The van der Waals surface area contributed by atoms with Crippen LogP contribution < -0.4 is 0 Å². The molecule has 0 aromatic heterocycles. The third-order valence-corrected chi connectivity index (χ3v) is 11.0. The Morgan fingerprint density at radius 2 is 0.750 bits per heavy atom. The Labute approximate surface area is 349 Å². The van der Waals surface area contributed by atoms with Crippen molar-refractivity contribution in [2.45, 2.75) is 271 Å². The van der Waals surface area contributed by atoms with Crippen LogP contribution >= 0.6 is 0 Å². The highest BCUT2D eigenvalue weighted by Crippen LogP contribution is 2.16. The van der Waals surface area contributed by atoms with E-state index in [1.807, 2.05) is 0 Å². The minimum Gasteiger partial charge on any atom is -0.462 e. The number of rotatable bonds is 46. The van der Waals surface area contributed by atoms with Crippen molar-refractivity contribution in [1.82, 2.24) is 0 Å². The van der Waals surface area contributed by atoms with Gasteiger partial charge in [0.2, 0.25) is 0 Å². The lowest BCUT2D eigenvalue weighted by Crippen LogP contribution is -2.30. The highest BCUT2D eigenvalue weighted by Gasteiger charge is 2.17. The first-order chi connectivity index (χ1) is 27.6. The van der Waals surface area contributed by atoms with E-state index in [0.717, 1.165) is 51.4 Å². The van der Waals surface area contributed by atoms with Crippen molar-refractivity contribution < 1.29 is 23.8 Å². The van der Waals surface area contributed by atoms with Gasteiger partial charge in [-0.3, -0.25) is 9.59 Å². The zero-order chi connectivity index (χ0) is 40.7. The van der Waals surface area contributed by atoms with Crippen LogP contribution in [0.2, 0.25) is 0 Å². The van der Waals surface area contributed by atoms with E-state index in [1.165, 1.54) is 180 Å². The Kier molecular flexibility index (Phi) is 46.4. The predicted molar refractivity (Wildman–Crippen MR) is 242 cm³/mol. The molecule has 1 atom stereocenters. The van der Waals surface area contributed by atoms with Crippen LogP contribution in [0.15, 0.2) is 24.3 Å². The van der Waals surface area contributed by atoms with Crippen LogP contribution in [0.1, 0.15) is 265 Å². The number of hydrogen-bond acceptors (Lipinski definition) is 5. The van der Waals surface area contributed by atoms with Gasteiger partial charge in [0, 0.05) is 19.4 Å². The van der Waals surface area contributed by atoms with Gasteiger partial charge in [0.15, 0.2) is 6.10 Å². The second-order valence-corrected chi connectivity index (χ2v) is 16.7. The quantitative estimate of drug-likeness (QED) is 0.0349. The predicted octanol–water partition coefficient (Wildman–Crippen LogP) is 16.5. The fourth-order valence-corrected chi connectivity index (χ4v) is 7.25. The molecule has 330 valence electrons. The largest absolute Gasteiger partial charge is 0.462 e. The van der Waals surface area contributed by atoms with Gasteiger partial charge in [0.05, 0.1) is 6.61 Å². The molecule has 0 saturated carbocycles. The average molecular weight is 789 g/mol. The molecule has 1 unspecified atom stereocenters. The van der Waals surface area contributed by atoms with Gasteiger partial charge in [-0.1, -0.05) is 225 Å². The smallest absolute Gasteiger partial charge is 0.306 e. The number of hydrogen-bond donors (Lipinski definition) is 0. The van der Waals surface area contributed by atoms with E-state index >= 15 is 0 Å². The van der Waals surface area contributed by atoms with Crippen molar-refractivity contribution >= 4 is 11.9 Å². The monoisotopic (exact) mass is 789 g/mol. The number of esters is 2. The lowest BCUT2D eigenvalue weighted by Gasteiger charge is -2.18. The number of allylic oxidation sites excluding steroid dienone is 4. The molecule has 0 aromatic carbocycles. The molecule has 0 amide bonds. The molecule has 0 aliphatic rings. The van der Waals surface area contributed by atoms with Crippen molar-refractivity contribution in [1.29, 1.82) is 0 Å². The Morgan fingerprint density at radius 1 is 0.393 bits per heavy atom. The second kappa shape index (κ2) is 47.8. The maximum atomic E-state index is 12.7. The summed E-state index contributed by atoms with van der Waals surface area (Å²) in [5, 5.41) is 0. The second-order valence-electron chi connectivity index (χ2n) is 16.7. The first kappa shape index (κ1) is 54.4. The standard InChI is InChI=1S/C51H96O5/c1-4-7-10-13-16-18-20-22-24-26-28-30-32-34-36-38-41-44-50(52)55-48-49(47-54-46-43-40-15-12-9-6-3)56-51(53)45-42-39-37-35-33-31-29-27-25-23-21-19-17-14-11-8-5-2/h16,18,22,24,49H,4-15,17,19-21,23,25-48H2,1-3H3/b18-16-,24-22-. The lowest BCUT2D eigenvalue weighted by atomic mass is 10.0. The average Bonchev–Trinajstić information content (AvgIpc) is 3.20. The molecule has 5 heteroatoms. The highest BCUT2D eigenvalue weighted by atomic mass is 16.6. The molecular weight excluding hydrogens is 693 g/mol. The van der Waals surface area contributed by atoms with Gasteiger partial charge in [-0.2, -0.15) is 0 Å². The number of ether oxygens (including phenoxy) is 3. The van der Waals surface area contributed by atoms with Gasteiger partial charge in [0.25, 0.3) is 0 Å². The van der Waals surface area contributed by atoms with E-state index in [0.29, 0.717) is 26.1 Å². The first-order valence-corrected chi connectivity index (χ1v) is 24.9. The topological polar surface area (TPSA) is 61.8 Å². The van der Waals surface area contributed by atoms with Crippen LogP contribution in [0, 0.1) is 0 Å². The summed E-state index contributed by atoms with van der Waals surface area (Å²) in [5.74, 6) is -0.394. The summed E-state index contributed by atoms with van der Waals surface area (Å²) in [6, 6.07) is 0. The molecule has 0 radical (unpaired) electrons. The van der Waals surface area contributed by atoms with Crippen LogP contribution in [0.5, 0.6) is 0 Å².